The van der Waals surface area contributed by atoms with Gasteiger partial charge in [0.05, 0.1) is 23.3 Å². The van der Waals surface area contributed by atoms with Crippen LogP contribution in [0.25, 0.3) is 10.4 Å². The summed E-state index contributed by atoms with van der Waals surface area (Å²) >= 11 is 1.75. The number of aromatic nitrogens is 2. The van der Waals surface area contributed by atoms with Crippen molar-refractivity contribution in [1.29, 1.82) is 0 Å². The van der Waals surface area contributed by atoms with Crippen LogP contribution in [-0.4, -0.2) is 15.6 Å². The summed E-state index contributed by atoms with van der Waals surface area (Å²) in [7, 11) is 0. The maximum absolute atomic E-state index is 13.9. The second kappa shape index (κ2) is 9.70. The molecule has 2 aromatic carbocycles. The van der Waals surface area contributed by atoms with Gasteiger partial charge in [0.15, 0.2) is 5.78 Å². The molecular weight excluding hydrogens is 462 g/mol. The van der Waals surface area contributed by atoms with Gasteiger partial charge < -0.3 is 5.32 Å². The van der Waals surface area contributed by atoms with Crippen molar-refractivity contribution in [2.75, 3.05) is 5.32 Å². The third-order valence-corrected chi connectivity index (χ3v) is 8.93. The summed E-state index contributed by atoms with van der Waals surface area (Å²) in [5.41, 5.74) is 4.00. The van der Waals surface area contributed by atoms with Crippen LogP contribution < -0.4 is 5.32 Å². The van der Waals surface area contributed by atoms with Crippen LogP contribution in [0, 0.1) is 0 Å². The van der Waals surface area contributed by atoms with Crippen LogP contribution in [0.5, 0.6) is 0 Å². The van der Waals surface area contributed by atoms with Gasteiger partial charge in [-0.1, -0.05) is 74.5 Å². The van der Waals surface area contributed by atoms with Crippen molar-refractivity contribution in [3.63, 3.8) is 0 Å². The summed E-state index contributed by atoms with van der Waals surface area (Å²) in [6, 6.07) is 23.7. The molecular formula is C31H35N3OS. The van der Waals surface area contributed by atoms with Crippen molar-refractivity contribution in [3.05, 3.63) is 95.0 Å². The number of hydrogen-bond donors (Lipinski definition) is 1. The Labute approximate surface area is 218 Å². The minimum Gasteiger partial charge on any atom is -0.363 e. The molecule has 5 rings (SSSR count). The van der Waals surface area contributed by atoms with E-state index in [0.29, 0.717) is 12.0 Å². The van der Waals surface area contributed by atoms with Gasteiger partial charge in [0.25, 0.3) is 0 Å². The molecule has 36 heavy (non-hydrogen) atoms. The Hall–Kier alpha value is -3.18. The molecule has 5 heteroatoms. The summed E-state index contributed by atoms with van der Waals surface area (Å²) in [5, 5.41) is 10.5. The largest absolute Gasteiger partial charge is 0.363 e. The van der Waals surface area contributed by atoms with Crippen LogP contribution >= 0.6 is 11.3 Å². The average Bonchev–Trinajstić information content (AvgIpc) is 3.59. The number of fused-ring (bicyclic) bond motifs is 1. The van der Waals surface area contributed by atoms with Crippen LogP contribution in [0.3, 0.4) is 0 Å². The molecule has 0 fully saturated rings. The van der Waals surface area contributed by atoms with E-state index in [0.717, 1.165) is 25.1 Å². The number of anilines is 1. The number of nitrogens with one attached hydrogen (secondary N) is 1. The molecule has 186 valence electrons. The van der Waals surface area contributed by atoms with Crippen molar-refractivity contribution in [2.45, 2.75) is 70.4 Å². The highest BCUT2D eigenvalue weighted by Crippen LogP contribution is 2.42. The van der Waals surface area contributed by atoms with Crippen LogP contribution in [0.1, 0.15) is 80.9 Å². The normalized spacial score (nSPS) is 16.8. The quantitative estimate of drug-likeness (QED) is 0.249. The number of thiophene rings is 1. The van der Waals surface area contributed by atoms with E-state index in [1.54, 1.807) is 17.5 Å². The van der Waals surface area contributed by atoms with E-state index in [9.17, 15) is 4.79 Å². The van der Waals surface area contributed by atoms with E-state index in [4.69, 9.17) is 0 Å². The highest BCUT2D eigenvalue weighted by molar-refractivity contribution is 7.13. The Morgan fingerprint density at radius 2 is 1.78 bits per heavy atom. The van der Waals surface area contributed by atoms with Crippen molar-refractivity contribution >= 4 is 22.9 Å². The summed E-state index contributed by atoms with van der Waals surface area (Å²) in [6.45, 7) is 8.80. The summed E-state index contributed by atoms with van der Waals surface area (Å²) in [5.74, 6) is 0.999. The van der Waals surface area contributed by atoms with Crippen LogP contribution in [0.15, 0.2) is 78.3 Å². The Morgan fingerprint density at radius 3 is 2.42 bits per heavy atom. The molecule has 0 saturated carbocycles. The molecule has 0 amide bonds. The molecule has 1 N–H and O–H groups in total. The second-order valence-corrected chi connectivity index (χ2v) is 11.5. The zero-order chi connectivity index (χ0) is 25.3. The number of ketones is 1. The number of nitrogens with zero attached hydrogens (tertiary/aromatic N) is 2. The minimum absolute atomic E-state index is 0.142. The van der Waals surface area contributed by atoms with E-state index in [-0.39, 0.29) is 22.8 Å². The summed E-state index contributed by atoms with van der Waals surface area (Å²) in [4.78, 5) is 15.2. The highest BCUT2D eigenvalue weighted by Gasteiger charge is 2.38. The molecule has 0 bridgehead atoms. The van der Waals surface area contributed by atoms with Crippen molar-refractivity contribution in [2.24, 2.45) is 0 Å². The number of benzene rings is 2. The Morgan fingerprint density at radius 1 is 1.06 bits per heavy atom. The first-order chi connectivity index (χ1) is 17.4. The molecule has 1 atom stereocenters. The lowest BCUT2D eigenvalue weighted by molar-refractivity contribution is 0.0944. The van der Waals surface area contributed by atoms with Gasteiger partial charge in [-0.05, 0) is 61.2 Å². The molecule has 2 aromatic heterocycles. The molecule has 1 aliphatic rings. The van der Waals surface area contributed by atoms with E-state index in [2.05, 4.69) is 104 Å². The molecule has 0 aliphatic carbocycles. The molecule has 4 nitrogen and oxygen atoms in total. The minimum atomic E-state index is -0.205. The van der Waals surface area contributed by atoms with Crippen molar-refractivity contribution in [1.82, 2.24) is 9.78 Å². The fourth-order valence-corrected chi connectivity index (χ4v) is 6.42. The molecule has 1 aliphatic heterocycles. The topological polar surface area (TPSA) is 46.9 Å². The van der Waals surface area contributed by atoms with Gasteiger partial charge in [0.2, 0.25) is 0 Å². The third-order valence-electron chi connectivity index (χ3n) is 8.02. The molecule has 0 saturated heterocycles. The van der Waals surface area contributed by atoms with Crippen LogP contribution in [-0.2, 0) is 11.0 Å². The fourth-order valence-electron chi connectivity index (χ4n) is 5.68. The highest BCUT2D eigenvalue weighted by atomic mass is 32.1. The van der Waals surface area contributed by atoms with Gasteiger partial charge in [0.1, 0.15) is 5.82 Å². The standard InChI is InChI=1S/C31H35N3OS/c1-5-31(6-2,24-16-14-23(15-17-24)28-13-10-18-36-28)20-27(35)25-21-32-34-29(25)33-26(19-30(34,3)4)22-11-8-7-9-12-22/h7-18,21,26,33H,5-6,19-20H2,1-4H3. The maximum atomic E-state index is 13.9. The zero-order valence-corrected chi connectivity index (χ0v) is 22.4. The first-order valence-corrected chi connectivity index (χ1v) is 13.8. The van der Waals surface area contributed by atoms with Gasteiger partial charge in [-0.15, -0.1) is 11.3 Å². The monoisotopic (exact) mass is 497 g/mol. The van der Waals surface area contributed by atoms with Gasteiger partial charge in [-0.2, -0.15) is 5.10 Å². The second-order valence-electron chi connectivity index (χ2n) is 10.6. The smallest absolute Gasteiger partial charge is 0.169 e. The third kappa shape index (κ3) is 4.41. The Bertz CT molecular complexity index is 1320. The first-order valence-electron chi connectivity index (χ1n) is 12.9. The van der Waals surface area contributed by atoms with Gasteiger partial charge in [-0.25, -0.2) is 4.68 Å². The number of carbonyl (C=O) groups is 1. The van der Waals surface area contributed by atoms with Crippen LogP contribution in [0.4, 0.5) is 5.82 Å². The molecule has 4 aromatic rings. The van der Waals surface area contributed by atoms with Crippen LogP contribution in [0.2, 0.25) is 0 Å². The van der Waals surface area contributed by atoms with Crippen molar-refractivity contribution in [3.8, 4) is 10.4 Å². The van der Waals surface area contributed by atoms with Gasteiger partial charge >= 0.3 is 0 Å². The summed E-state index contributed by atoms with van der Waals surface area (Å²) in [6.07, 6.45) is 4.96. The summed E-state index contributed by atoms with van der Waals surface area (Å²) < 4.78 is 2.01. The number of hydrogen-bond acceptors (Lipinski definition) is 4. The molecule has 3 heterocycles. The Kier molecular flexibility index (Phi) is 6.60. The molecule has 1 unspecified atom stereocenters. The predicted octanol–water partition coefficient (Wildman–Crippen LogP) is 8.23. The Balaban J connectivity index is 1.44. The van der Waals surface area contributed by atoms with E-state index in [1.165, 1.54) is 21.6 Å². The number of Topliss-reactive ketones (excluding diaryl/α,β-unsaturated/α-hetero) is 1. The number of carbonyl (C=O) groups excluding carboxylic acids is 1. The lowest BCUT2D eigenvalue weighted by Crippen LogP contribution is -2.38. The van der Waals surface area contributed by atoms with E-state index < -0.39 is 0 Å². The SMILES string of the molecule is CCC(CC)(CC(=O)c1cnn2c1NC(c1ccccc1)CC2(C)C)c1ccc(-c2cccs2)cc1. The first kappa shape index (κ1) is 24.5. The average molecular weight is 498 g/mol. The molecule has 0 radical (unpaired) electrons. The molecule has 0 spiro atoms. The zero-order valence-electron chi connectivity index (χ0n) is 21.6. The van der Waals surface area contributed by atoms with Gasteiger partial charge in [0, 0.05) is 16.7 Å². The predicted molar refractivity (Wildman–Crippen MR) is 150 cm³/mol. The number of rotatable bonds is 8. The lowest BCUT2D eigenvalue weighted by atomic mass is 9.71. The van der Waals surface area contributed by atoms with E-state index >= 15 is 0 Å². The maximum Gasteiger partial charge on any atom is 0.169 e. The fraction of sp³-hybridized carbons (Fsp3) is 0.355. The van der Waals surface area contributed by atoms with Crippen molar-refractivity contribution < 1.29 is 4.79 Å². The lowest BCUT2D eigenvalue weighted by Gasteiger charge is -2.38. The van der Waals surface area contributed by atoms with E-state index in [1.807, 2.05) is 10.7 Å². The van der Waals surface area contributed by atoms with Gasteiger partial charge in [-0.3, -0.25) is 4.79 Å².